The van der Waals surface area contributed by atoms with Crippen molar-refractivity contribution in [1.29, 1.82) is 0 Å². The fraction of sp³-hybridized carbons (Fsp3) is 0.368. The molecule has 2 aromatic rings. The van der Waals surface area contributed by atoms with Crippen LogP contribution in [0.15, 0.2) is 54.6 Å². The Kier molecular flexibility index (Phi) is 5.07. The minimum absolute atomic E-state index is 0.136. The zero-order valence-electron chi connectivity index (χ0n) is 12.7. The summed E-state index contributed by atoms with van der Waals surface area (Å²) in [6.45, 7) is 3.86. The first-order valence-electron chi connectivity index (χ1n) is 7.94. The molecule has 1 aliphatic heterocycles. The molecule has 1 unspecified atom stereocenters. The Morgan fingerprint density at radius 3 is 2.77 bits per heavy atom. The predicted octanol–water partition coefficient (Wildman–Crippen LogP) is 3.77. The van der Waals surface area contributed by atoms with Gasteiger partial charge in [-0.25, -0.2) is 4.39 Å². The van der Waals surface area contributed by atoms with Crippen LogP contribution in [0, 0.1) is 11.7 Å². The SMILES string of the molecule is Fc1cccc(CC2CCN(CCOc3ccccc3)C2)c1. The Morgan fingerprint density at radius 1 is 1.09 bits per heavy atom. The van der Waals surface area contributed by atoms with E-state index in [0.29, 0.717) is 5.92 Å². The molecule has 0 saturated carbocycles. The highest BCUT2D eigenvalue weighted by molar-refractivity contribution is 5.21. The third kappa shape index (κ3) is 4.31. The van der Waals surface area contributed by atoms with Gasteiger partial charge in [-0.05, 0) is 55.1 Å². The first-order chi connectivity index (χ1) is 10.8. The van der Waals surface area contributed by atoms with Crippen LogP contribution in [0.5, 0.6) is 5.75 Å². The molecular weight excluding hydrogens is 277 g/mol. The van der Waals surface area contributed by atoms with Crippen molar-refractivity contribution < 1.29 is 9.13 Å². The minimum Gasteiger partial charge on any atom is -0.492 e. The third-order valence-corrected chi connectivity index (χ3v) is 4.20. The van der Waals surface area contributed by atoms with Crippen molar-refractivity contribution in [2.75, 3.05) is 26.2 Å². The number of halogens is 1. The van der Waals surface area contributed by atoms with Crippen LogP contribution < -0.4 is 4.74 Å². The molecule has 1 saturated heterocycles. The average Bonchev–Trinajstić information content (AvgIpc) is 2.96. The van der Waals surface area contributed by atoms with Gasteiger partial charge in [-0.15, -0.1) is 0 Å². The molecule has 3 rings (SSSR count). The first-order valence-corrected chi connectivity index (χ1v) is 7.94. The van der Waals surface area contributed by atoms with Gasteiger partial charge in [0.2, 0.25) is 0 Å². The van der Waals surface area contributed by atoms with Gasteiger partial charge in [-0.3, -0.25) is 4.90 Å². The minimum atomic E-state index is -0.136. The first kappa shape index (κ1) is 15.0. The van der Waals surface area contributed by atoms with Gasteiger partial charge in [0, 0.05) is 13.1 Å². The van der Waals surface area contributed by atoms with E-state index in [1.165, 1.54) is 12.5 Å². The molecular formula is C19H22FNO. The van der Waals surface area contributed by atoms with Crippen LogP contribution in [0.2, 0.25) is 0 Å². The standard InChI is InChI=1S/C19H22FNO/c20-18-6-4-5-16(14-18)13-17-9-10-21(15-17)11-12-22-19-7-2-1-3-8-19/h1-8,14,17H,9-13,15H2. The maximum absolute atomic E-state index is 13.2. The zero-order valence-corrected chi connectivity index (χ0v) is 12.7. The summed E-state index contributed by atoms with van der Waals surface area (Å²) in [4.78, 5) is 2.44. The second-order valence-electron chi connectivity index (χ2n) is 5.95. The number of para-hydroxylation sites is 1. The van der Waals surface area contributed by atoms with Gasteiger partial charge in [0.05, 0.1) is 0 Å². The molecule has 1 fully saturated rings. The number of hydrogen-bond acceptors (Lipinski definition) is 2. The lowest BCUT2D eigenvalue weighted by molar-refractivity contribution is 0.232. The number of likely N-dealkylation sites (tertiary alicyclic amines) is 1. The molecule has 0 aliphatic carbocycles. The molecule has 1 atom stereocenters. The van der Waals surface area contributed by atoms with Crippen molar-refractivity contribution in [1.82, 2.24) is 4.90 Å². The average molecular weight is 299 g/mol. The summed E-state index contributed by atoms with van der Waals surface area (Å²) in [5.74, 6) is 1.42. The van der Waals surface area contributed by atoms with E-state index in [2.05, 4.69) is 4.90 Å². The molecule has 116 valence electrons. The zero-order chi connectivity index (χ0) is 15.2. The highest BCUT2D eigenvalue weighted by Gasteiger charge is 2.22. The van der Waals surface area contributed by atoms with Gasteiger partial charge in [0.15, 0.2) is 0 Å². The highest BCUT2D eigenvalue weighted by atomic mass is 19.1. The van der Waals surface area contributed by atoms with E-state index >= 15 is 0 Å². The van der Waals surface area contributed by atoms with Crippen molar-refractivity contribution in [3.63, 3.8) is 0 Å². The van der Waals surface area contributed by atoms with Gasteiger partial charge in [-0.1, -0.05) is 30.3 Å². The summed E-state index contributed by atoms with van der Waals surface area (Å²) in [5.41, 5.74) is 1.10. The van der Waals surface area contributed by atoms with Crippen LogP contribution in [0.1, 0.15) is 12.0 Å². The van der Waals surface area contributed by atoms with Crippen LogP contribution in [0.25, 0.3) is 0 Å². The lowest BCUT2D eigenvalue weighted by Crippen LogP contribution is -2.26. The Hall–Kier alpha value is -1.87. The van der Waals surface area contributed by atoms with Crippen molar-refractivity contribution >= 4 is 0 Å². The van der Waals surface area contributed by atoms with E-state index in [9.17, 15) is 4.39 Å². The summed E-state index contributed by atoms with van der Waals surface area (Å²) in [5, 5.41) is 0. The van der Waals surface area contributed by atoms with E-state index in [-0.39, 0.29) is 5.82 Å². The van der Waals surface area contributed by atoms with Crippen LogP contribution >= 0.6 is 0 Å². The molecule has 0 aromatic heterocycles. The van der Waals surface area contributed by atoms with E-state index in [1.807, 2.05) is 36.4 Å². The molecule has 0 radical (unpaired) electrons. The third-order valence-electron chi connectivity index (χ3n) is 4.20. The van der Waals surface area contributed by atoms with Gasteiger partial charge < -0.3 is 4.74 Å². The van der Waals surface area contributed by atoms with E-state index in [1.54, 1.807) is 12.1 Å². The Morgan fingerprint density at radius 2 is 1.95 bits per heavy atom. The number of ether oxygens (including phenoxy) is 1. The van der Waals surface area contributed by atoms with Crippen molar-refractivity contribution in [3.8, 4) is 5.75 Å². The van der Waals surface area contributed by atoms with Crippen LogP contribution in [0.3, 0.4) is 0 Å². The fourth-order valence-electron chi connectivity index (χ4n) is 3.09. The van der Waals surface area contributed by atoms with Gasteiger partial charge in [0.25, 0.3) is 0 Å². The second-order valence-corrected chi connectivity index (χ2v) is 5.95. The topological polar surface area (TPSA) is 12.5 Å². The van der Waals surface area contributed by atoms with Crippen molar-refractivity contribution in [3.05, 3.63) is 66.0 Å². The number of nitrogens with zero attached hydrogens (tertiary/aromatic N) is 1. The maximum atomic E-state index is 13.2. The molecule has 2 aromatic carbocycles. The van der Waals surface area contributed by atoms with Crippen LogP contribution in [0.4, 0.5) is 4.39 Å². The quantitative estimate of drug-likeness (QED) is 0.805. The second kappa shape index (κ2) is 7.41. The van der Waals surface area contributed by atoms with Crippen molar-refractivity contribution in [2.24, 2.45) is 5.92 Å². The van der Waals surface area contributed by atoms with E-state index < -0.39 is 0 Å². The summed E-state index contributed by atoms with van der Waals surface area (Å²) < 4.78 is 19.0. The lowest BCUT2D eigenvalue weighted by Gasteiger charge is -2.16. The van der Waals surface area contributed by atoms with Gasteiger partial charge in [-0.2, -0.15) is 0 Å². The van der Waals surface area contributed by atoms with E-state index in [0.717, 1.165) is 44.0 Å². The normalized spacial score (nSPS) is 18.5. The Bertz CT molecular complexity index is 587. The molecule has 2 nitrogen and oxygen atoms in total. The van der Waals surface area contributed by atoms with Gasteiger partial charge in [0.1, 0.15) is 18.2 Å². The molecule has 3 heteroatoms. The summed E-state index contributed by atoms with van der Waals surface area (Å²) in [7, 11) is 0. The summed E-state index contributed by atoms with van der Waals surface area (Å²) in [6.07, 6.45) is 2.15. The Labute approximate surface area is 131 Å². The summed E-state index contributed by atoms with van der Waals surface area (Å²) in [6, 6.07) is 16.9. The van der Waals surface area contributed by atoms with Crippen molar-refractivity contribution in [2.45, 2.75) is 12.8 Å². The fourth-order valence-corrected chi connectivity index (χ4v) is 3.09. The van der Waals surface area contributed by atoms with Crippen LogP contribution in [-0.2, 0) is 6.42 Å². The molecule has 1 aliphatic rings. The van der Waals surface area contributed by atoms with E-state index in [4.69, 9.17) is 4.74 Å². The number of rotatable bonds is 6. The maximum Gasteiger partial charge on any atom is 0.123 e. The Balaban J connectivity index is 1.41. The predicted molar refractivity (Wildman–Crippen MR) is 86.6 cm³/mol. The molecule has 1 heterocycles. The molecule has 0 bridgehead atoms. The lowest BCUT2D eigenvalue weighted by atomic mass is 9.99. The van der Waals surface area contributed by atoms with Crippen LogP contribution in [-0.4, -0.2) is 31.1 Å². The highest BCUT2D eigenvalue weighted by Crippen LogP contribution is 2.21. The molecule has 0 amide bonds. The molecule has 0 spiro atoms. The molecule has 0 N–H and O–H groups in total. The summed E-state index contributed by atoms with van der Waals surface area (Å²) >= 11 is 0. The largest absolute Gasteiger partial charge is 0.492 e. The smallest absolute Gasteiger partial charge is 0.123 e. The number of hydrogen-bond donors (Lipinski definition) is 0. The number of benzene rings is 2. The van der Waals surface area contributed by atoms with Gasteiger partial charge >= 0.3 is 0 Å². The molecule has 22 heavy (non-hydrogen) atoms. The monoisotopic (exact) mass is 299 g/mol.